The highest BCUT2D eigenvalue weighted by Gasteiger charge is 2.27. The normalized spacial score (nSPS) is 22.6. The molecule has 78 valence electrons. The Morgan fingerprint density at radius 2 is 2.21 bits per heavy atom. The number of hydrogen-bond donors (Lipinski definition) is 1. The van der Waals surface area contributed by atoms with E-state index in [4.69, 9.17) is 14.6 Å². The van der Waals surface area contributed by atoms with E-state index in [1.807, 2.05) is 4.90 Å². The molecule has 0 atom stereocenters. The Hall–Kier alpha value is -1.39. The smallest absolute Gasteiger partial charge is 0.306 e. The van der Waals surface area contributed by atoms with E-state index < -0.39 is 5.97 Å². The molecule has 0 bridgehead atoms. The fourth-order valence-corrected chi connectivity index (χ4v) is 1.75. The van der Waals surface area contributed by atoms with Crippen molar-refractivity contribution in [3.63, 3.8) is 0 Å². The van der Waals surface area contributed by atoms with Crippen LogP contribution in [0.2, 0.25) is 0 Å². The number of carboxylic acids is 1. The molecule has 2 rings (SSSR count). The number of rotatable bonds is 2. The van der Waals surface area contributed by atoms with Gasteiger partial charge in [-0.25, -0.2) is 0 Å². The number of carboxylic acid groups (broad SMARTS) is 1. The maximum atomic E-state index is 10.7. The summed E-state index contributed by atoms with van der Waals surface area (Å²) in [4.78, 5) is 12.7. The standard InChI is InChI=1S/C9H13NO4/c11-9(12)7-1-3-10(4-2-7)8-5-13-6-14-8/h5,7H,1-4,6H2,(H,11,12). The van der Waals surface area contributed by atoms with Gasteiger partial charge >= 0.3 is 5.97 Å². The van der Waals surface area contributed by atoms with Crippen LogP contribution < -0.4 is 0 Å². The first-order chi connectivity index (χ1) is 6.77. The molecule has 1 saturated heterocycles. The number of aliphatic carboxylic acids is 1. The van der Waals surface area contributed by atoms with Gasteiger partial charge in [-0.3, -0.25) is 4.79 Å². The second-order valence-electron chi connectivity index (χ2n) is 3.48. The molecule has 0 unspecified atom stereocenters. The van der Waals surface area contributed by atoms with Crippen molar-refractivity contribution in [2.45, 2.75) is 12.8 Å². The van der Waals surface area contributed by atoms with Crippen LogP contribution in [0, 0.1) is 5.92 Å². The number of likely N-dealkylation sites (tertiary alicyclic amines) is 1. The molecular formula is C9H13NO4. The van der Waals surface area contributed by atoms with Crippen LogP contribution in [-0.4, -0.2) is 35.9 Å². The molecule has 0 spiro atoms. The van der Waals surface area contributed by atoms with Crippen LogP contribution in [0.4, 0.5) is 0 Å². The van der Waals surface area contributed by atoms with Crippen LogP contribution in [0.3, 0.4) is 0 Å². The van der Waals surface area contributed by atoms with Crippen molar-refractivity contribution in [1.29, 1.82) is 0 Å². The van der Waals surface area contributed by atoms with Crippen LogP contribution >= 0.6 is 0 Å². The van der Waals surface area contributed by atoms with Crippen molar-refractivity contribution in [2.75, 3.05) is 19.9 Å². The molecule has 0 aliphatic carbocycles. The zero-order valence-corrected chi connectivity index (χ0v) is 7.81. The number of piperidine rings is 1. The van der Waals surface area contributed by atoms with Crippen LogP contribution in [-0.2, 0) is 14.3 Å². The van der Waals surface area contributed by atoms with Crippen molar-refractivity contribution in [2.24, 2.45) is 5.92 Å². The maximum absolute atomic E-state index is 10.7. The lowest BCUT2D eigenvalue weighted by atomic mass is 9.97. The number of ether oxygens (including phenoxy) is 2. The van der Waals surface area contributed by atoms with E-state index in [0.717, 1.165) is 19.0 Å². The van der Waals surface area contributed by atoms with Crippen molar-refractivity contribution < 1.29 is 19.4 Å². The van der Waals surface area contributed by atoms with Gasteiger partial charge in [0, 0.05) is 13.1 Å². The highest BCUT2D eigenvalue weighted by molar-refractivity contribution is 5.70. The summed E-state index contributed by atoms with van der Waals surface area (Å²) in [6.07, 6.45) is 2.94. The van der Waals surface area contributed by atoms with Gasteiger partial charge in [-0.05, 0) is 12.8 Å². The van der Waals surface area contributed by atoms with Gasteiger partial charge in [-0.15, -0.1) is 0 Å². The second-order valence-corrected chi connectivity index (χ2v) is 3.48. The van der Waals surface area contributed by atoms with Gasteiger partial charge in [0.25, 0.3) is 0 Å². The highest BCUT2D eigenvalue weighted by atomic mass is 16.7. The van der Waals surface area contributed by atoms with Crippen LogP contribution in [0.1, 0.15) is 12.8 Å². The fraction of sp³-hybridized carbons (Fsp3) is 0.667. The maximum Gasteiger partial charge on any atom is 0.306 e. The fourth-order valence-electron chi connectivity index (χ4n) is 1.75. The summed E-state index contributed by atoms with van der Waals surface area (Å²) in [6, 6.07) is 0. The summed E-state index contributed by atoms with van der Waals surface area (Å²) < 4.78 is 10.1. The third-order valence-electron chi connectivity index (χ3n) is 2.61. The van der Waals surface area contributed by atoms with Gasteiger partial charge in [0.15, 0.2) is 0 Å². The van der Waals surface area contributed by atoms with E-state index in [1.165, 1.54) is 0 Å². The van der Waals surface area contributed by atoms with E-state index >= 15 is 0 Å². The molecule has 0 saturated carbocycles. The molecule has 1 N–H and O–H groups in total. The first-order valence-electron chi connectivity index (χ1n) is 4.69. The number of carbonyl (C=O) groups is 1. The summed E-state index contributed by atoms with van der Waals surface area (Å²) in [5.41, 5.74) is 0. The first kappa shape index (κ1) is 9.18. The Balaban J connectivity index is 1.86. The number of hydrogen-bond acceptors (Lipinski definition) is 4. The monoisotopic (exact) mass is 199 g/mol. The molecule has 1 fully saturated rings. The van der Waals surface area contributed by atoms with Crippen molar-refractivity contribution in [1.82, 2.24) is 4.90 Å². The summed E-state index contributed by atoms with van der Waals surface area (Å²) in [7, 11) is 0. The van der Waals surface area contributed by atoms with Gasteiger partial charge in [-0.1, -0.05) is 0 Å². The SMILES string of the molecule is O=C(O)C1CCN(C2=COCO2)CC1. The first-order valence-corrected chi connectivity index (χ1v) is 4.69. The zero-order chi connectivity index (χ0) is 9.97. The lowest BCUT2D eigenvalue weighted by Crippen LogP contribution is -2.35. The molecule has 14 heavy (non-hydrogen) atoms. The van der Waals surface area contributed by atoms with E-state index in [2.05, 4.69) is 0 Å². The van der Waals surface area contributed by atoms with Crippen molar-refractivity contribution >= 4 is 5.97 Å². The Bertz CT molecular complexity index is 256. The summed E-state index contributed by atoms with van der Waals surface area (Å²) in [5.74, 6) is -0.162. The van der Waals surface area contributed by atoms with E-state index in [9.17, 15) is 4.79 Å². The Kier molecular flexibility index (Phi) is 2.47. The number of nitrogens with zero attached hydrogens (tertiary/aromatic N) is 1. The molecule has 0 amide bonds. The van der Waals surface area contributed by atoms with E-state index in [1.54, 1.807) is 6.26 Å². The largest absolute Gasteiger partial charge is 0.481 e. The van der Waals surface area contributed by atoms with Crippen molar-refractivity contribution in [3.8, 4) is 0 Å². The summed E-state index contributed by atoms with van der Waals surface area (Å²) >= 11 is 0. The minimum Gasteiger partial charge on any atom is -0.481 e. The van der Waals surface area contributed by atoms with Gasteiger partial charge < -0.3 is 19.5 Å². The average Bonchev–Trinajstić information content (AvgIpc) is 2.71. The highest BCUT2D eigenvalue weighted by Crippen LogP contribution is 2.22. The molecule has 0 aromatic carbocycles. The van der Waals surface area contributed by atoms with Crippen molar-refractivity contribution in [3.05, 3.63) is 12.1 Å². The Morgan fingerprint density at radius 3 is 2.71 bits per heavy atom. The topological polar surface area (TPSA) is 59.0 Å². The molecular weight excluding hydrogens is 186 g/mol. The molecule has 0 aromatic heterocycles. The Morgan fingerprint density at radius 1 is 1.50 bits per heavy atom. The lowest BCUT2D eigenvalue weighted by molar-refractivity contribution is -0.143. The minimum atomic E-state index is -0.692. The lowest BCUT2D eigenvalue weighted by Gasteiger charge is -2.30. The van der Waals surface area contributed by atoms with E-state index in [0.29, 0.717) is 12.8 Å². The molecule has 0 aromatic rings. The second kappa shape index (κ2) is 3.77. The molecule has 2 heterocycles. The predicted molar refractivity (Wildman–Crippen MR) is 47.1 cm³/mol. The van der Waals surface area contributed by atoms with Crippen LogP contribution in [0.25, 0.3) is 0 Å². The molecule has 0 radical (unpaired) electrons. The van der Waals surface area contributed by atoms with Gasteiger partial charge in [-0.2, -0.15) is 0 Å². The van der Waals surface area contributed by atoms with Crippen LogP contribution in [0.5, 0.6) is 0 Å². The predicted octanol–water partition coefficient (Wildman–Crippen LogP) is 0.586. The Labute approximate surface area is 81.9 Å². The van der Waals surface area contributed by atoms with Gasteiger partial charge in [0.2, 0.25) is 12.7 Å². The quantitative estimate of drug-likeness (QED) is 0.705. The molecule has 5 heteroatoms. The summed E-state index contributed by atoms with van der Waals surface area (Å²) in [5, 5.41) is 8.80. The van der Waals surface area contributed by atoms with Gasteiger partial charge in [0.05, 0.1) is 5.92 Å². The minimum absolute atomic E-state index is 0.200. The zero-order valence-electron chi connectivity index (χ0n) is 7.81. The van der Waals surface area contributed by atoms with Crippen LogP contribution in [0.15, 0.2) is 12.1 Å². The van der Waals surface area contributed by atoms with E-state index in [-0.39, 0.29) is 12.7 Å². The average molecular weight is 199 g/mol. The third-order valence-corrected chi connectivity index (χ3v) is 2.61. The van der Waals surface area contributed by atoms with Gasteiger partial charge in [0.1, 0.15) is 6.26 Å². The molecule has 2 aliphatic heterocycles. The molecule has 2 aliphatic rings. The summed E-state index contributed by atoms with van der Waals surface area (Å²) in [6.45, 7) is 1.73. The molecule has 5 nitrogen and oxygen atoms in total. The third kappa shape index (κ3) is 1.76.